The number of amidine groups is 1. The molecule has 0 aliphatic carbocycles. The Labute approximate surface area is 181 Å². The predicted octanol–water partition coefficient (Wildman–Crippen LogP) is 3.40. The zero-order valence-electron chi connectivity index (χ0n) is 16.6. The molecule has 3 aromatic rings. The molecule has 11 heteroatoms. The van der Waals surface area contributed by atoms with E-state index in [0.29, 0.717) is 22.5 Å². The van der Waals surface area contributed by atoms with Gasteiger partial charge in [0.2, 0.25) is 0 Å². The van der Waals surface area contributed by atoms with E-state index in [2.05, 4.69) is 32.1 Å². The number of hydrogen-bond donors (Lipinski definition) is 2. The van der Waals surface area contributed by atoms with Crippen LogP contribution in [0.5, 0.6) is 0 Å². The SMILES string of the molecule is C=N/C(N[C@@H](C)c1cc2ncc(Cl)n2nc1-c1ccc(F)c(F)c1)=C(C#N)\C(N)=N/C. The molecule has 0 saturated carbocycles. The van der Waals surface area contributed by atoms with E-state index in [4.69, 9.17) is 17.3 Å². The lowest BCUT2D eigenvalue weighted by Crippen LogP contribution is -2.24. The molecule has 0 amide bonds. The molecule has 0 saturated heterocycles. The van der Waals surface area contributed by atoms with Crippen molar-refractivity contribution in [2.24, 2.45) is 15.7 Å². The molecule has 158 valence electrons. The van der Waals surface area contributed by atoms with Crippen LogP contribution < -0.4 is 11.1 Å². The van der Waals surface area contributed by atoms with Gasteiger partial charge in [-0.15, -0.1) is 0 Å². The van der Waals surface area contributed by atoms with Gasteiger partial charge in [0.25, 0.3) is 0 Å². The number of aromatic nitrogens is 3. The van der Waals surface area contributed by atoms with Crippen LogP contribution >= 0.6 is 11.6 Å². The highest BCUT2D eigenvalue weighted by Crippen LogP contribution is 2.30. The van der Waals surface area contributed by atoms with Gasteiger partial charge in [0.15, 0.2) is 22.4 Å². The number of halogens is 3. The quantitative estimate of drug-likeness (QED) is 0.344. The molecule has 0 unspecified atom stereocenters. The number of nitrogens with one attached hydrogen (secondary N) is 1. The highest BCUT2D eigenvalue weighted by molar-refractivity contribution is 6.29. The number of hydrogen-bond acceptors (Lipinski definition) is 6. The lowest BCUT2D eigenvalue weighted by molar-refractivity contribution is 0.509. The topological polar surface area (TPSA) is 117 Å². The summed E-state index contributed by atoms with van der Waals surface area (Å²) in [6.07, 6.45) is 1.42. The number of nitrogens with zero attached hydrogens (tertiary/aromatic N) is 6. The number of benzene rings is 1. The highest BCUT2D eigenvalue weighted by atomic mass is 35.5. The van der Waals surface area contributed by atoms with Crippen molar-refractivity contribution in [3.05, 3.63) is 64.2 Å². The second-order valence-corrected chi connectivity index (χ2v) is 6.78. The first-order chi connectivity index (χ1) is 14.8. The van der Waals surface area contributed by atoms with Gasteiger partial charge in [-0.2, -0.15) is 10.4 Å². The molecule has 0 aliphatic rings. The molecule has 2 heterocycles. The number of rotatable bonds is 6. The van der Waals surface area contributed by atoms with E-state index in [0.717, 1.165) is 12.1 Å². The van der Waals surface area contributed by atoms with E-state index in [1.54, 1.807) is 13.0 Å². The van der Waals surface area contributed by atoms with Crippen LogP contribution in [-0.2, 0) is 0 Å². The van der Waals surface area contributed by atoms with Gasteiger partial charge in [-0.25, -0.2) is 23.3 Å². The van der Waals surface area contributed by atoms with Crippen LogP contribution in [0.3, 0.4) is 0 Å². The molecule has 8 nitrogen and oxygen atoms in total. The fraction of sp³-hybridized carbons (Fsp3) is 0.150. The smallest absolute Gasteiger partial charge is 0.159 e. The molecule has 0 bridgehead atoms. The first kappa shape index (κ1) is 21.9. The van der Waals surface area contributed by atoms with Crippen molar-refractivity contribution in [1.82, 2.24) is 19.9 Å². The van der Waals surface area contributed by atoms with Crippen molar-refractivity contribution in [3.63, 3.8) is 0 Å². The van der Waals surface area contributed by atoms with Gasteiger partial charge in [0.1, 0.15) is 23.3 Å². The van der Waals surface area contributed by atoms with E-state index in [1.165, 1.54) is 23.8 Å². The minimum atomic E-state index is -1.02. The molecule has 3 N–H and O–H groups in total. The van der Waals surface area contributed by atoms with E-state index < -0.39 is 17.7 Å². The Kier molecular flexibility index (Phi) is 6.27. The number of nitriles is 1. The van der Waals surface area contributed by atoms with Gasteiger partial charge in [-0.3, -0.25) is 4.99 Å². The fourth-order valence-corrected chi connectivity index (χ4v) is 3.09. The van der Waals surface area contributed by atoms with Gasteiger partial charge in [-0.05, 0) is 37.9 Å². The van der Waals surface area contributed by atoms with Crippen LogP contribution in [0.1, 0.15) is 18.5 Å². The Morgan fingerprint density at radius 2 is 2.10 bits per heavy atom. The van der Waals surface area contributed by atoms with Crippen molar-refractivity contribution in [1.29, 1.82) is 5.26 Å². The highest BCUT2D eigenvalue weighted by Gasteiger charge is 2.20. The van der Waals surface area contributed by atoms with Crippen molar-refractivity contribution >= 4 is 29.8 Å². The van der Waals surface area contributed by atoms with Crippen molar-refractivity contribution < 1.29 is 8.78 Å². The molecule has 0 radical (unpaired) electrons. The first-order valence-corrected chi connectivity index (χ1v) is 9.28. The van der Waals surface area contributed by atoms with Crippen LogP contribution in [0.2, 0.25) is 5.15 Å². The van der Waals surface area contributed by atoms with Gasteiger partial charge in [-0.1, -0.05) is 11.6 Å². The summed E-state index contributed by atoms with van der Waals surface area (Å²) >= 11 is 6.13. The van der Waals surface area contributed by atoms with Crippen LogP contribution in [-0.4, -0.2) is 34.2 Å². The molecule has 1 atom stereocenters. The minimum absolute atomic E-state index is 0.0108. The summed E-state index contributed by atoms with van der Waals surface area (Å²) in [5.41, 5.74) is 7.43. The van der Waals surface area contributed by atoms with Gasteiger partial charge < -0.3 is 11.1 Å². The summed E-state index contributed by atoms with van der Waals surface area (Å²) in [5.74, 6) is -1.91. The Bertz CT molecular complexity index is 1270. The van der Waals surface area contributed by atoms with Crippen molar-refractivity contribution in [3.8, 4) is 17.3 Å². The zero-order valence-corrected chi connectivity index (χ0v) is 17.3. The molecule has 0 spiro atoms. The first-order valence-electron chi connectivity index (χ1n) is 8.90. The Morgan fingerprint density at radius 1 is 1.35 bits per heavy atom. The average Bonchev–Trinajstić information content (AvgIpc) is 3.14. The predicted molar refractivity (Wildman–Crippen MR) is 115 cm³/mol. The van der Waals surface area contributed by atoms with Gasteiger partial charge in [0.05, 0.1) is 17.9 Å². The maximum atomic E-state index is 13.9. The second-order valence-electron chi connectivity index (χ2n) is 6.40. The summed E-state index contributed by atoms with van der Waals surface area (Å²) < 4.78 is 28.8. The van der Waals surface area contributed by atoms with Crippen molar-refractivity contribution in [2.75, 3.05) is 7.05 Å². The largest absolute Gasteiger partial charge is 0.383 e. The van der Waals surface area contributed by atoms with Gasteiger partial charge >= 0.3 is 0 Å². The number of fused-ring (bicyclic) bond motifs is 1. The third kappa shape index (κ3) is 4.22. The summed E-state index contributed by atoms with van der Waals surface area (Å²) in [7, 11) is 1.44. The van der Waals surface area contributed by atoms with Crippen LogP contribution in [0.4, 0.5) is 8.78 Å². The minimum Gasteiger partial charge on any atom is -0.383 e. The Balaban J connectivity index is 2.18. The maximum absolute atomic E-state index is 13.9. The molecular formula is C20H17ClF2N8. The summed E-state index contributed by atoms with van der Waals surface area (Å²) in [4.78, 5) is 11.8. The average molecular weight is 443 g/mol. The summed E-state index contributed by atoms with van der Waals surface area (Å²) in [6, 6.07) is 6.56. The molecule has 2 aromatic heterocycles. The lowest BCUT2D eigenvalue weighted by atomic mass is 10.0. The molecule has 1 aromatic carbocycles. The lowest BCUT2D eigenvalue weighted by Gasteiger charge is -2.20. The third-order valence-corrected chi connectivity index (χ3v) is 4.75. The summed E-state index contributed by atoms with van der Waals surface area (Å²) in [5, 5.41) is 17.2. The number of imidazole rings is 1. The van der Waals surface area contributed by atoms with E-state index in [-0.39, 0.29) is 22.4 Å². The molecule has 0 aliphatic heterocycles. The molecule has 31 heavy (non-hydrogen) atoms. The Morgan fingerprint density at radius 3 is 2.71 bits per heavy atom. The fourth-order valence-electron chi connectivity index (χ4n) is 2.92. The Hall–Kier alpha value is -3.84. The molecule has 3 rings (SSSR count). The standard InChI is InChI=1S/C20H17ClF2N8/c1-10(29-20(27-3)13(8-24)19(25)26-2)12-7-17-28-9-16(21)31(17)30-18(12)11-4-5-14(22)15(23)6-11/h4-7,9-10,29H,3H2,1-2H3,(H2,25,26)/b20-13+/t10-/m0/s1. The second kappa shape index (κ2) is 8.89. The van der Waals surface area contributed by atoms with E-state index in [1.807, 2.05) is 6.07 Å². The number of aliphatic imine (C=N–C) groups is 2. The zero-order chi connectivity index (χ0) is 22.7. The number of nitrogens with two attached hydrogens (primary N) is 1. The van der Waals surface area contributed by atoms with Crippen molar-refractivity contribution in [2.45, 2.75) is 13.0 Å². The van der Waals surface area contributed by atoms with Crippen LogP contribution in [0, 0.1) is 23.0 Å². The van der Waals surface area contributed by atoms with Crippen LogP contribution in [0.25, 0.3) is 16.9 Å². The van der Waals surface area contributed by atoms with E-state index in [9.17, 15) is 14.0 Å². The van der Waals surface area contributed by atoms with Crippen LogP contribution in [0.15, 0.2) is 51.8 Å². The maximum Gasteiger partial charge on any atom is 0.159 e. The monoisotopic (exact) mass is 442 g/mol. The van der Waals surface area contributed by atoms with E-state index >= 15 is 0 Å². The normalized spacial score (nSPS) is 13.5. The third-order valence-electron chi connectivity index (χ3n) is 4.50. The summed E-state index contributed by atoms with van der Waals surface area (Å²) in [6.45, 7) is 5.24. The molecule has 0 fully saturated rings. The van der Waals surface area contributed by atoms with Gasteiger partial charge in [0, 0.05) is 18.2 Å². The molecular weight excluding hydrogens is 426 g/mol.